The Bertz CT molecular complexity index is 347. The summed E-state index contributed by atoms with van der Waals surface area (Å²) in [5.41, 5.74) is 1.05. The highest BCUT2D eigenvalue weighted by Crippen LogP contribution is 2.03. The Labute approximate surface area is 78.0 Å². The summed E-state index contributed by atoms with van der Waals surface area (Å²) < 4.78 is 13.0. The first-order chi connectivity index (χ1) is 6.24. The van der Waals surface area contributed by atoms with Gasteiger partial charge in [-0.15, -0.1) is 0 Å². The van der Waals surface area contributed by atoms with Crippen molar-refractivity contribution in [3.8, 4) is 11.8 Å². The van der Waals surface area contributed by atoms with Crippen molar-refractivity contribution in [3.05, 3.63) is 29.3 Å². The van der Waals surface area contributed by atoms with E-state index >= 15 is 0 Å². The number of nitrogens with zero attached hydrogens (tertiary/aromatic N) is 1. The highest BCUT2D eigenvalue weighted by molar-refractivity contribution is 5.29. The van der Waals surface area contributed by atoms with Gasteiger partial charge < -0.3 is 0 Å². The van der Waals surface area contributed by atoms with E-state index in [0.717, 1.165) is 18.5 Å². The fraction of sp³-hybridized carbons (Fsp3) is 0.364. The predicted molar refractivity (Wildman–Crippen MR) is 50.7 cm³/mol. The zero-order valence-corrected chi connectivity index (χ0v) is 7.89. The van der Waals surface area contributed by atoms with E-state index in [9.17, 15) is 4.39 Å². The smallest absolute Gasteiger partial charge is 0.157 e. The summed E-state index contributed by atoms with van der Waals surface area (Å²) in [7, 11) is 0. The molecule has 0 radical (unpaired) electrons. The second-order valence-corrected chi connectivity index (χ2v) is 2.83. The van der Waals surface area contributed by atoms with Gasteiger partial charge in [-0.05, 0) is 31.4 Å². The minimum Gasteiger partial charge on any atom is -0.242 e. The third-order valence-electron chi connectivity index (χ3n) is 1.57. The molecule has 0 unspecified atom stereocenters. The lowest BCUT2D eigenvalue weighted by Crippen LogP contribution is -1.91. The molecule has 0 fully saturated rings. The van der Waals surface area contributed by atoms with Crippen LogP contribution in [0.2, 0.25) is 0 Å². The zero-order chi connectivity index (χ0) is 9.68. The van der Waals surface area contributed by atoms with Crippen LogP contribution in [-0.2, 0) is 0 Å². The number of hydrogen-bond acceptors (Lipinski definition) is 1. The first kappa shape index (κ1) is 9.73. The van der Waals surface area contributed by atoms with E-state index in [1.165, 1.54) is 6.07 Å². The van der Waals surface area contributed by atoms with Crippen molar-refractivity contribution in [2.24, 2.45) is 0 Å². The maximum atomic E-state index is 13.0. The third-order valence-corrected chi connectivity index (χ3v) is 1.57. The van der Waals surface area contributed by atoms with Gasteiger partial charge in [-0.2, -0.15) is 0 Å². The maximum Gasteiger partial charge on any atom is 0.157 e. The molecule has 0 aliphatic carbocycles. The summed E-state index contributed by atoms with van der Waals surface area (Å²) in [6.45, 7) is 3.86. The first-order valence-electron chi connectivity index (χ1n) is 4.36. The van der Waals surface area contributed by atoms with Crippen molar-refractivity contribution in [3.63, 3.8) is 0 Å². The van der Waals surface area contributed by atoms with Crippen LogP contribution in [0.4, 0.5) is 4.39 Å². The van der Waals surface area contributed by atoms with Gasteiger partial charge in [0.2, 0.25) is 0 Å². The largest absolute Gasteiger partial charge is 0.242 e. The van der Waals surface area contributed by atoms with E-state index in [1.807, 2.05) is 13.8 Å². The van der Waals surface area contributed by atoms with Gasteiger partial charge in [0.05, 0.1) is 0 Å². The second-order valence-electron chi connectivity index (χ2n) is 2.83. The van der Waals surface area contributed by atoms with Gasteiger partial charge in [0.15, 0.2) is 5.82 Å². The van der Waals surface area contributed by atoms with Gasteiger partial charge in [0.1, 0.15) is 5.69 Å². The molecule has 13 heavy (non-hydrogen) atoms. The molecular formula is C11H12FN. The molecule has 0 N–H and O–H groups in total. The lowest BCUT2D eigenvalue weighted by Gasteiger charge is -1.94. The molecule has 1 aromatic rings. The fourth-order valence-electron chi connectivity index (χ4n) is 0.899. The van der Waals surface area contributed by atoms with Crippen LogP contribution in [0.25, 0.3) is 0 Å². The summed E-state index contributed by atoms with van der Waals surface area (Å²) in [6.07, 6.45) is 1.77. The van der Waals surface area contributed by atoms with Gasteiger partial charge in [-0.1, -0.05) is 12.8 Å². The van der Waals surface area contributed by atoms with Gasteiger partial charge >= 0.3 is 0 Å². The summed E-state index contributed by atoms with van der Waals surface area (Å²) in [5, 5.41) is 0. The maximum absolute atomic E-state index is 13.0. The Morgan fingerprint density at radius 2 is 2.23 bits per heavy atom. The van der Waals surface area contributed by atoms with Gasteiger partial charge in [-0.25, -0.2) is 9.37 Å². The van der Waals surface area contributed by atoms with E-state index in [0.29, 0.717) is 0 Å². The third kappa shape index (κ3) is 2.87. The van der Waals surface area contributed by atoms with E-state index in [1.54, 1.807) is 6.07 Å². The summed E-state index contributed by atoms with van der Waals surface area (Å²) in [5.74, 6) is 5.25. The number of unbranched alkanes of at least 4 members (excludes halogenated alkanes) is 1. The molecule has 0 amide bonds. The number of rotatable bonds is 1. The Balaban J connectivity index is 2.89. The van der Waals surface area contributed by atoms with Crippen LogP contribution in [-0.4, -0.2) is 4.98 Å². The van der Waals surface area contributed by atoms with Gasteiger partial charge in [0, 0.05) is 12.1 Å². The second kappa shape index (κ2) is 4.61. The van der Waals surface area contributed by atoms with E-state index < -0.39 is 0 Å². The number of aromatic nitrogens is 1. The zero-order valence-electron chi connectivity index (χ0n) is 7.89. The lowest BCUT2D eigenvalue weighted by molar-refractivity contribution is 0.616. The van der Waals surface area contributed by atoms with Gasteiger partial charge in [0.25, 0.3) is 0 Å². The van der Waals surface area contributed by atoms with Crippen molar-refractivity contribution >= 4 is 0 Å². The Morgan fingerprint density at radius 1 is 1.46 bits per heavy atom. The quantitative estimate of drug-likeness (QED) is 0.601. The molecule has 1 heterocycles. The normalized spacial score (nSPS) is 9.15. The van der Waals surface area contributed by atoms with Crippen LogP contribution >= 0.6 is 0 Å². The monoisotopic (exact) mass is 177 g/mol. The Kier molecular flexibility index (Phi) is 3.45. The number of halogens is 1. The minimum absolute atomic E-state index is 0.258. The standard InChI is InChI=1S/C11H12FN/c1-3-4-5-6-11-10(12)8-7-9(2)13-11/h7-8H,3-4H2,1-2H3. The van der Waals surface area contributed by atoms with E-state index in [2.05, 4.69) is 16.8 Å². The Hall–Kier alpha value is -1.36. The van der Waals surface area contributed by atoms with Crippen molar-refractivity contribution in [1.82, 2.24) is 4.98 Å². The molecule has 2 heteroatoms. The van der Waals surface area contributed by atoms with E-state index in [-0.39, 0.29) is 11.5 Å². The predicted octanol–water partition coefficient (Wildman–Crippen LogP) is 2.68. The number of pyridine rings is 1. The molecule has 1 nitrogen and oxygen atoms in total. The van der Waals surface area contributed by atoms with Gasteiger partial charge in [-0.3, -0.25) is 0 Å². The fourth-order valence-corrected chi connectivity index (χ4v) is 0.899. The Morgan fingerprint density at radius 3 is 2.92 bits per heavy atom. The lowest BCUT2D eigenvalue weighted by atomic mass is 10.3. The molecule has 68 valence electrons. The molecule has 0 bridgehead atoms. The van der Waals surface area contributed by atoms with Crippen LogP contribution in [0.3, 0.4) is 0 Å². The molecule has 1 aromatic heterocycles. The highest BCUT2D eigenvalue weighted by atomic mass is 19.1. The SMILES string of the molecule is CCCC#Cc1nc(C)ccc1F. The molecule has 0 aliphatic heterocycles. The van der Waals surface area contributed by atoms with Crippen LogP contribution in [0.5, 0.6) is 0 Å². The molecule has 0 spiro atoms. The molecule has 0 atom stereocenters. The van der Waals surface area contributed by atoms with Crippen LogP contribution < -0.4 is 0 Å². The molecule has 0 aliphatic rings. The minimum atomic E-state index is -0.339. The number of hydrogen-bond donors (Lipinski definition) is 0. The highest BCUT2D eigenvalue weighted by Gasteiger charge is 1.98. The number of aryl methyl sites for hydroxylation is 1. The van der Waals surface area contributed by atoms with Crippen molar-refractivity contribution in [2.45, 2.75) is 26.7 Å². The molecule has 0 aromatic carbocycles. The topological polar surface area (TPSA) is 12.9 Å². The first-order valence-corrected chi connectivity index (χ1v) is 4.36. The summed E-state index contributed by atoms with van der Waals surface area (Å²) in [4.78, 5) is 4.00. The van der Waals surface area contributed by atoms with E-state index in [4.69, 9.17) is 0 Å². The summed E-state index contributed by atoms with van der Waals surface area (Å²) in [6, 6.07) is 3.04. The molecule has 1 rings (SSSR count). The molecule has 0 saturated carbocycles. The molecular weight excluding hydrogens is 165 g/mol. The summed E-state index contributed by atoms with van der Waals surface area (Å²) >= 11 is 0. The molecule has 0 saturated heterocycles. The van der Waals surface area contributed by atoms with Crippen molar-refractivity contribution in [1.29, 1.82) is 0 Å². The average Bonchev–Trinajstić information content (AvgIpc) is 2.11. The van der Waals surface area contributed by atoms with Crippen molar-refractivity contribution < 1.29 is 4.39 Å². The average molecular weight is 177 g/mol. The van der Waals surface area contributed by atoms with Crippen LogP contribution in [0.15, 0.2) is 12.1 Å². The van der Waals surface area contributed by atoms with Crippen LogP contribution in [0.1, 0.15) is 31.2 Å². The van der Waals surface area contributed by atoms with Crippen LogP contribution in [0, 0.1) is 24.6 Å². The van der Waals surface area contributed by atoms with Crippen molar-refractivity contribution in [2.75, 3.05) is 0 Å².